The van der Waals surface area contributed by atoms with Crippen molar-refractivity contribution in [1.82, 2.24) is 0 Å². The second kappa shape index (κ2) is 4.43. The molecule has 20 heavy (non-hydrogen) atoms. The average Bonchev–Trinajstić information content (AvgIpc) is 2.37. The molecular formula is C18H28O2. The van der Waals surface area contributed by atoms with E-state index in [2.05, 4.69) is 27.7 Å². The fourth-order valence-electron chi connectivity index (χ4n) is 5.26. The van der Waals surface area contributed by atoms with Crippen LogP contribution in [0.5, 0.6) is 0 Å². The first-order valence-corrected chi connectivity index (χ1v) is 8.19. The Hall–Kier alpha value is -0.630. The topological polar surface area (TPSA) is 37.3 Å². The van der Waals surface area contributed by atoms with Crippen molar-refractivity contribution in [2.75, 3.05) is 0 Å². The van der Waals surface area contributed by atoms with Crippen LogP contribution in [0.25, 0.3) is 0 Å². The molecule has 0 aromatic heterocycles. The molecule has 0 aromatic carbocycles. The maximum absolute atomic E-state index is 11.7. The Morgan fingerprint density at radius 3 is 2.65 bits per heavy atom. The molecule has 0 heterocycles. The Bertz CT molecular complexity index is 462. The van der Waals surface area contributed by atoms with Gasteiger partial charge >= 0.3 is 0 Å². The van der Waals surface area contributed by atoms with Crippen LogP contribution in [-0.4, -0.2) is 17.0 Å². The number of rotatable bonds is 0. The number of carbonyl (C=O) groups excluding carboxylic acids is 1. The molecule has 0 radical (unpaired) electrons. The summed E-state index contributed by atoms with van der Waals surface area (Å²) in [6.45, 7) is 9.42. The first-order chi connectivity index (χ1) is 9.25. The molecule has 5 unspecified atom stereocenters. The summed E-state index contributed by atoms with van der Waals surface area (Å²) in [5.41, 5.74) is 1.48. The lowest BCUT2D eigenvalue weighted by Gasteiger charge is -2.58. The van der Waals surface area contributed by atoms with Gasteiger partial charge < -0.3 is 5.11 Å². The standard InChI is InChI=1S/C18H28O2/c1-11-13-10-16(20)15-9-12(19)5-8-18(15,4)14(13)6-7-17(11,2)3/h9,11,13-14,16,20H,5-8,10H2,1-4H3. The molecule has 3 rings (SSSR count). The van der Waals surface area contributed by atoms with Crippen LogP contribution in [0, 0.1) is 28.6 Å². The normalized spacial score (nSPS) is 47.2. The summed E-state index contributed by atoms with van der Waals surface area (Å²) in [5.74, 6) is 2.10. The van der Waals surface area contributed by atoms with E-state index in [1.807, 2.05) is 0 Å². The van der Waals surface area contributed by atoms with Gasteiger partial charge in [0.25, 0.3) is 0 Å². The van der Waals surface area contributed by atoms with Gasteiger partial charge in [-0.15, -0.1) is 0 Å². The molecule has 0 aliphatic heterocycles. The molecule has 2 saturated carbocycles. The monoisotopic (exact) mass is 276 g/mol. The number of fused-ring (bicyclic) bond motifs is 3. The fourth-order valence-corrected chi connectivity index (χ4v) is 5.26. The molecular weight excluding hydrogens is 248 g/mol. The van der Waals surface area contributed by atoms with E-state index in [0.717, 1.165) is 18.4 Å². The molecule has 2 nitrogen and oxygen atoms in total. The SMILES string of the molecule is CC1C2CC(O)C3=CC(=O)CCC3(C)C2CCC1(C)C. The maximum atomic E-state index is 11.7. The number of aliphatic hydroxyl groups is 1. The Kier molecular flexibility index (Phi) is 3.17. The predicted octanol–water partition coefficient (Wildman–Crippen LogP) is 3.74. The molecule has 3 aliphatic rings. The molecule has 112 valence electrons. The van der Waals surface area contributed by atoms with Crippen molar-refractivity contribution >= 4 is 5.78 Å². The highest BCUT2D eigenvalue weighted by Crippen LogP contribution is 2.61. The minimum Gasteiger partial charge on any atom is -0.389 e. The van der Waals surface area contributed by atoms with Gasteiger partial charge in [-0.2, -0.15) is 0 Å². The van der Waals surface area contributed by atoms with Gasteiger partial charge in [0, 0.05) is 6.42 Å². The van der Waals surface area contributed by atoms with E-state index in [-0.39, 0.29) is 11.2 Å². The molecule has 0 amide bonds. The van der Waals surface area contributed by atoms with E-state index in [0.29, 0.717) is 29.6 Å². The third kappa shape index (κ3) is 1.91. The molecule has 0 spiro atoms. The van der Waals surface area contributed by atoms with Crippen molar-refractivity contribution in [1.29, 1.82) is 0 Å². The van der Waals surface area contributed by atoms with Crippen molar-refractivity contribution < 1.29 is 9.90 Å². The quantitative estimate of drug-likeness (QED) is 0.732. The number of hydrogen-bond donors (Lipinski definition) is 1. The number of aliphatic hydroxyl groups excluding tert-OH is 1. The zero-order valence-corrected chi connectivity index (χ0v) is 13.3. The molecule has 0 aromatic rings. The van der Waals surface area contributed by atoms with Gasteiger partial charge in [-0.1, -0.05) is 27.7 Å². The van der Waals surface area contributed by atoms with Crippen LogP contribution in [0.4, 0.5) is 0 Å². The Morgan fingerprint density at radius 2 is 1.95 bits per heavy atom. The van der Waals surface area contributed by atoms with E-state index < -0.39 is 6.10 Å². The van der Waals surface area contributed by atoms with E-state index in [9.17, 15) is 9.90 Å². The molecule has 5 atom stereocenters. The summed E-state index contributed by atoms with van der Waals surface area (Å²) in [6, 6.07) is 0. The Labute approximate surface area is 122 Å². The van der Waals surface area contributed by atoms with Crippen molar-refractivity contribution in [3.63, 3.8) is 0 Å². The van der Waals surface area contributed by atoms with Crippen molar-refractivity contribution in [2.24, 2.45) is 28.6 Å². The fraction of sp³-hybridized carbons (Fsp3) is 0.833. The molecule has 0 saturated heterocycles. The highest BCUT2D eigenvalue weighted by atomic mass is 16.3. The van der Waals surface area contributed by atoms with Crippen molar-refractivity contribution in [3.8, 4) is 0 Å². The Morgan fingerprint density at radius 1 is 1.25 bits per heavy atom. The van der Waals surface area contributed by atoms with Gasteiger partial charge in [-0.25, -0.2) is 0 Å². The lowest BCUT2D eigenvalue weighted by Crippen LogP contribution is -2.53. The van der Waals surface area contributed by atoms with Gasteiger partial charge in [0.2, 0.25) is 0 Å². The highest BCUT2D eigenvalue weighted by Gasteiger charge is 2.55. The number of ketones is 1. The number of carbonyl (C=O) groups is 1. The molecule has 2 heteroatoms. The number of hydrogen-bond acceptors (Lipinski definition) is 2. The van der Waals surface area contributed by atoms with Gasteiger partial charge in [0.1, 0.15) is 0 Å². The third-order valence-electron chi connectivity index (χ3n) is 7.03. The summed E-state index contributed by atoms with van der Waals surface area (Å²) in [5, 5.41) is 10.6. The van der Waals surface area contributed by atoms with Crippen LogP contribution < -0.4 is 0 Å². The minimum atomic E-state index is -0.401. The van der Waals surface area contributed by atoms with Crippen LogP contribution in [0.1, 0.15) is 59.8 Å². The lowest BCUT2D eigenvalue weighted by molar-refractivity contribution is -0.118. The van der Waals surface area contributed by atoms with Crippen LogP contribution in [0.2, 0.25) is 0 Å². The van der Waals surface area contributed by atoms with Crippen molar-refractivity contribution in [3.05, 3.63) is 11.6 Å². The largest absolute Gasteiger partial charge is 0.389 e. The van der Waals surface area contributed by atoms with Crippen molar-refractivity contribution in [2.45, 2.75) is 65.9 Å². The van der Waals surface area contributed by atoms with Crippen LogP contribution in [0.3, 0.4) is 0 Å². The second-order valence-corrected chi connectivity index (χ2v) is 8.32. The van der Waals surface area contributed by atoms with Gasteiger partial charge in [0.05, 0.1) is 6.10 Å². The third-order valence-corrected chi connectivity index (χ3v) is 7.03. The molecule has 0 bridgehead atoms. The summed E-state index contributed by atoms with van der Waals surface area (Å²) >= 11 is 0. The minimum absolute atomic E-state index is 0.0566. The lowest BCUT2D eigenvalue weighted by atomic mass is 9.47. The first-order valence-electron chi connectivity index (χ1n) is 8.19. The van der Waals surface area contributed by atoms with E-state index in [1.54, 1.807) is 6.08 Å². The van der Waals surface area contributed by atoms with Crippen LogP contribution in [0.15, 0.2) is 11.6 Å². The molecule has 2 fully saturated rings. The smallest absolute Gasteiger partial charge is 0.155 e. The van der Waals surface area contributed by atoms with Gasteiger partial charge in [-0.3, -0.25) is 4.79 Å². The number of allylic oxidation sites excluding steroid dienone is 1. The summed E-state index contributed by atoms with van der Waals surface area (Å²) in [6.07, 6.45) is 6.33. The van der Waals surface area contributed by atoms with Crippen LogP contribution >= 0.6 is 0 Å². The molecule has 3 aliphatic carbocycles. The molecule has 1 N–H and O–H groups in total. The highest BCUT2D eigenvalue weighted by molar-refractivity contribution is 5.91. The Balaban J connectivity index is 2.00. The summed E-state index contributed by atoms with van der Waals surface area (Å²) in [4.78, 5) is 11.7. The zero-order chi connectivity index (χ0) is 14.7. The van der Waals surface area contributed by atoms with E-state index in [1.165, 1.54) is 12.8 Å². The van der Waals surface area contributed by atoms with Crippen LogP contribution in [-0.2, 0) is 4.79 Å². The first kappa shape index (κ1) is 14.3. The predicted molar refractivity (Wildman–Crippen MR) is 80.2 cm³/mol. The maximum Gasteiger partial charge on any atom is 0.155 e. The zero-order valence-electron chi connectivity index (χ0n) is 13.3. The second-order valence-electron chi connectivity index (χ2n) is 8.32. The van der Waals surface area contributed by atoms with Gasteiger partial charge in [-0.05, 0) is 65.9 Å². The summed E-state index contributed by atoms with van der Waals surface area (Å²) in [7, 11) is 0. The van der Waals surface area contributed by atoms with Gasteiger partial charge in [0.15, 0.2) is 5.78 Å². The summed E-state index contributed by atoms with van der Waals surface area (Å²) < 4.78 is 0. The average molecular weight is 276 g/mol. The van der Waals surface area contributed by atoms with E-state index in [4.69, 9.17) is 0 Å². The van der Waals surface area contributed by atoms with E-state index >= 15 is 0 Å².